The fourth-order valence-electron chi connectivity index (χ4n) is 3.89. The molecule has 4 rings (SSSR count). The third-order valence-electron chi connectivity index (χ3n) is 5.95. The Hall–Kier alpha value is -3.53. The Morgan fingerprint density at radius 2 is 1.82 bits per heavy atom. The standard InChI is InChI=1S/C25H28N6O6S3/c1-15(2)20-25(38-24(29-20)16(3)4)39(34)30-12-10-18(11-13-30)37-23-21(31(32)33)22(26-14-27-23)28-17-6-8-19(9-7-17)40(5,35)36/h6-9,14,18H,1,3,10-13H2,2,4-5H3,(H,26,27,28). The van der Waals surface area contributed by atoms with E-state index in [1.54, 1.807) is 0 Å². The van der Waals surface area contributed by atoms with E-state index >= 15 is 0 Å². The van der Waals surface area contributed by atoms with Gasteiger partial charge >= 0.3 is 5.69 Å². The van der Waals surface area contributed by atoms with Crippen LogP contribution in [0, 0.1) is 10.1 Å². The van der Waals surface area contributed by atoms with Gasteiger partial charge in [-0.25, -0.2) is 26.9 Å². The Bertz CT molecular complexity index is 1600. The summed E-state index contributed by atoms with van der Waals surface area (Å²) >= 11 is 1.34. The maximum Gasteiger partial charge on any atom is 0.373 e. The van der Waals surface area contributed by atoms with Crippen LogP contribution in [0.2, 0.25) is 0 Å². The van der Waals surface area contributed by atoms with Crippen LogP contribution in [0.4, 0.5) is 17.2 Å². The highest BCUT2D eigenvalue weighted by molar-refractivity contribution is 7.90. The summed E-state index contributed by atoms with van der Waals surface area (Å²) in [5.41, 5.74) is 2.08. The lowest BCUT2D eigenvalue weighted by Crippen LogP contribution is -2.39. The van der Waals surface area contributed by atoms with E-state index in [2.05, 4.69) is 33.4 Å². The van der Waals surface area contributed by atoms with Crippen LogP contribution in [0.25, 0.3) is 11.1 Å². The van der Waals surface area contributed by atoms with Crippen LogP contribution in [0.1, 0.15) is 37.4 Å². The zero-order chi connectivity index (χ0) is 29.2. The molecule has 1 N–H and O–H groups in total. The van der Waals surface area contributed by atoms with Crippen LogP contribution in [0.3, 0.4) is 0 Å². The third kappa shape index (κ3) is 6.60. The Labute approximate surface area is 238 Å². The number of thiazole rings is 1. The van der Waals surface area contributed by atoms with Crippen LogP contribution >= 0.6 is 11.3 Å². The van der Waals surface area contributed by atoms with Crippen molar-refractivity contribution in [3.05, 3.63) is 64.6 Å². The minimum Gasteiger partial charge on any atom is -0.469 e. The summed E-state index contributed by atoms with van der Waals surface area (Å²) in [6.07, 6.45) is 2.79. The molecule has 1 aromatic carbocycles. The van der Waals surface area contributed by atoms with E-state index in [0.29, 0.717) is 46.5 Å². The number of piperidine rings is 1. The van der Waals surface area contributed by atoms with E-state index in [1.165, 1.54) is 35.6 Å². The molecule has 3 aromatic rings. The molecule has 3 heterocycles. The Morgan fingerprint density at radius 1 is 1.18 bits per heavy atom. The first-order valence-electron chi connectivity index (χ1n) is 12.1. The molecular weight excluding hydrogens is 577 g/mol. The molecule has 40 heavy (non-hydrogen) atoms. The molecule has 1 saturated heterocycles. The summed E-state index contributed by atoms with van der Waals surface area (Å²) in [7, 11) is -4.84. The van der Waals surface area contributed by atoms with Crippen molar-refractivity contribution in [2.75, 3.05) is 24.7 Å². The topological polar surface area (TPSA) is 158 Å². The SMILES string of the molecule is C=C(C)c1nc(C(=C)C)c(S(=O)N2CCC(Oc3ncnc(Nc4ccc(S(C)(=O)=O)cc4)c3[N+](=O)[O-])CC2)s1. The van der Waals surface area contributed by atoms with Crippen LogP contribution in [-0.4, -0.2) is 62.3 Å². The Kier molecular flexibility index (Phi) is 8.77. The number of nitrogens with zero attached hydrogens (tertiary/aromatic N) is 5. The van der Waals surface area contributed by atoms with Gasteiger partial charge in [-0.05, 0) is 62.1 Å². The van der Waals surface area contributed by atoms with E-state index < -0.39 is 37.5 Å². The number of sulfone groups is 1. The predicted octanol–water partition coefficient (Wildman–Crippen LogP) is 4.62. The zero-order valence-corrected chi connectivity index (χ0v) is 24.6. The summed E-state index contributed by atoms with van der Waals surface area (Å²) < 4.78 is 45.2. The summed E-state index contributed by atoms with van der Waals surface area (Å²) in [6.45, 7) is 12.4. The number of nitrogens with one attached hydrogen (secondary N) is 1. The van der Waals surface area contributed by atoms with Gasteiger partial charge in [-0.3, -0.25) is 10.1 Å². The highest BCUT2D eigenvalue weighted by Gasteiger charge is 2.31. The molecule has 2 aromatic heterocycles. The molecule has 0 amide bonds. The van der Waals surface area contributed by atoms with E-state index in [-0.39, 0.29) is 16.6 Å². The van der Waals surface area contributed by atoms with Crippen LogP contribution < -0.4 is 10.1 Å². The molecule has 0 saturated carbocycles. The molecule has 0 radical (unpaired) electrons. The molecule has 1 aliphatic heterocycles. The van der Waals surface area contributed by atoms with Gasteiger partial charge < -0.3 is 10.1 Å². The van der Waals surface area contributed by atoms with E-state index in [9.17, 15) is 22.7 Å². The number of anilines is 2. The third-order valence-corrected chi connectivity index (χ3v) is 10.1. The lowest BCUT2D eigenvalue weighted by Gasteiger charge is -2.30. The minimum absolute atomic E-state index is 0.0912. The molecule has 0 bridgehead atoms. The molecule has 12 nitrogen and oxygen atoms in total. The largest absolute Gasteiger partial charge is 0.469 e. The number of hydrogen-bond donors (Lipinski definition) is 1. The number of benzene rings is 1. The van der Waals surface area contributed by atoms with Gasteiger partial charge in [-0.2, -0.15) is 4.98 Å². The van der Waals surface area contributed by atoms with Crippen LogP contribution in [0.5, 0.6) is 5.88 Å². The quantitative estimate of drug-likeness (QED) is 0.256. The second kappa shape index (κ2) is 11.9. The molecule has 1 fully saturated rings. The van der Waals surface area contributed by atoms with E-state index in [4.69, 9.17) is 4.74 Å². The van der Waals surface area contributed by atoms with Gasteiger partial charge in [0.2, 0.25) is 5.82 Å². The average Bonchev–Trinajstić information content (AvgIpc) is 3.35. The summed E-state index contributed by atoms with van der Waals surface area (Å²) in [4.78, 5) is 24.0. The molecule has 0 aliphatic carbocycles. The van der Waals surface area contributed by atoms with Gasteiger partial charge in [-0.15, -0.1) is 11.3 Å². The summed E-state index contributed by atoms with van der Waals surface area (Å²) in [5, 5.41) is 15.5. The highest BCUT2D eigenvalue weighted by Crippen LogP contribution is 2.36. The first-order chi connectivity index (χ1) is 18.8. The number of allylic oxidation sites excluding steroid dienone is 2. The van der Waals surface area contributed by atoms with E-state index in [1.807, 2.05) is 18.2 Å². The second-order valence-corrected chi connectivity index (χ2v) is 14.0. The number of aromatic nitrogens is 3. The lowest BCUT2D eigenvalue weighted by atomic mass is 10.1. The van der Waals surface area contributed by atoms with Crippen molar-refractivity contribution in [3.8, 4) is 5.88 Å². The van der Waals surface area contributed by atoms with E-state index in [0.717, 1.165) is 23.7 Å². The molecule has 1 unspecified atom stereocenters. The number of nitro groups is 1. The number of hydrogen-bond acceptors (Lipinski definition) is 11. The number of ether oxygens (including phenoxy) is 1. The molecule has 0 spiro atoms. The van der Waals surface area contributed by atoms with Gasteiger partial charge in [-0.1, -0.05) is 13.2 Å². The summed E-state index contributed by atoms with van der Waals surface area (Å²) in [5.74, 6) is -0.278. The predicted molar refractivity (Wildman–Crippen MR) is 155 cm³/mol. The Balaban J connectivity index is 1.46. The van der Waals surface area contributed by atoms with Crippen molar-refractivity contribution in [3.63, 3.8) is 0 Å². The van der Waals surface area contributed by atoms with Gasteiger partial charge in [0.05, 0.1) is 15.5 Å². The average molecular weight is 605 g/mol. The fraction of sp³-hybridized carbons (Fsp3) is 0.320. The van der Waals surface area contributed by atoms with Crippen LogP contribution in [-0.2, 0) is 20.8 Å². The first kappa shape index (κ1) is 29.5. The Morgan fingerprint density at radius 3 is 2.38 bits per heavy atom. The van der Waals surface area contributed by atoms with Crippen LogP contribution in [0.15, 0.2) is 52.9 Å². The molecule has 1 atom stereocenters. The molecule has 1 aliphatic rings. The van der Waals surface area contributed by atoms with Gasteiger partial charge in [0.1, 0.15) is 32.6 Å². The maximum atomic E-state index is 13.4. The number of rotatable bonds is 10. The first-order valence-corrected chi connectivity index (χ1v) is 15.9. The van der Waals surface area contributed by atoms with Crippen molar-refractivity contribution in [2.24, 2.45) is 0 Å². The monoisotopic (exact) mass is 604 g/mol. The van der Waals surface area contributed by atoms with Crippen molar-refractivity contribution in [1.29, 1.82) is 0 Å². The van der Waals surface area contributed by atoms with Crippen molar-refractivity contribution in [2.45, 2.75) is 41.9 Å². The fourth-order valence-corrected chi connectivity index (χ4v) is 7.33. The molecule has 212 valence electrons. The smallest absolute Gasteiger partial charge is 0.373 e. The normalized spacial score (nSPS) is 15.4. The molecule has 15 heteroatoms. The zero-order valence-electron chi connectivity index (χ0n) is 22.1. The van der Waals surface area contributed by atoms with Gasteiger partial charge in [0.15, 0.2) is 9.84 Å². The lowest BCUT2D eigenvalue weighted by molar-refractivity contribution is -0.385. The van der Waals surface area contributed by atoms with Gasteiger partial charge in [0, 0.05) is 25.0 Å². The maximum absolute atomic E-state index is 13.4. The minimum atomic E-state index is -3.39. The van der Waals surface area contributed by atoms with Crippen molar-refractivity contribution >= 4 is 60.5 Å². The molecular formula is C25H28N6O6S3. The van der Waals surface area contributed by atoms with Gasteiger partial charge in [0.25, 0.3) is 5.88 Å². The summed E-state index contributed by atoms with van der Waals surface area (Å²) in [6, 6.07) is 5.76. The van der Waals surface area contributed by atoms with Crippen molar-refractivity contribution < 1.29 is 22.3 Å². The second-order valence-electron chi connectivity index (χ2n) is 9.27. The van der Waals surface area contributed by atoms with Crippen molar-refractivity contribution in [1.82, 2.24) is 19.3 Å². The highest BCUT2D eigenvalue weighted by atomic mass is 32.2.